The van der Waals surface area contributed by atoms with E-state index in [2.05, 4.69) is 41.9 Å². The first-order chi connectivity index (χ1) is 13.4. The lowest BCUT2D eigenvalue weighted by Gasteiger charge is -2.08. The average molecular weight is 508 g/mol. The maximum atomic E-state index is 12.9. The average Bonchev–Trinajstić information content (AvgIpc) is 2.66. The topological polar surface area (TPSA) is 99.6 Å². The Balaban J connectivity index is 1.96. The quantitative estimate of drug-likeness (QED) is 0.517. The minimum Gasteiger partial charge on any atom is -0.483 e. The normalized spacial score (nSPS) is 11.2. The summed E-state index contributed by atoms with van der Waals surface area (Å²) >= 11 is 6.76. The first-order valence-electron chi connectivity index (χ1n) is 8.35. The Labute approximate surface area is 177 Å². The van der Waals surface area contributed by atoms with Gasteiger partial charge < -0.3 is 10.5 Å². The van der Waals surface area contributed by atoms with Crippen LogP contribution in [0.5, 0.6) is 5.75 Å². The van der Waals surface area contributed by atoms with Crippen LogP contribution in [0, 0.1) is 0 Å². The van der Waals surface area contributed by atoms with E-state index in [0.29, 0.717) is 33.4 Å². The van der Waals surface area contributed by atoms with Gasteiger partial charge >= 0.3 is 0 Å². The van der Waals surface area contributed by atoms with Crippen LogP contribution < -0.4 is 16.0 Å². The monoisotopic (exact) mass is 506 g/mol. The minimum absolute atomic E-state index is 0.209. The number of carbonyl (C=O) groups is 1. The van der Waals surface area contributed by atoms with Crippen LogP contribution in [-0.2, 0) is 11.2 Å². The van der Waals surface area contributed by atoms with Gasteiger partial charge in [-0.1, -0.05) is 22.9 Å². The van der Waals surface area contributed by atoms with E-state index in [4.69, 9.17) is 10.5 Å². The molecular weight excluding hydrogens is 492 g/mol. The molecule has 144 valence electrons. The van der Waals surface area contributed by atoms with Gasteiger partial charge in [0.2, 0.25) is 0 Å². The lowest BCUT2D eigenvalue weighted by atomic mass is 10.2. The zero-order valence-corrected chi connectivity index (χ0v) is 18.0. The molecule has 1 aromatic heterocycles. The number of aryl methyl sites for hydroxylation is 1. The van der Waals surface area contributed by atoms with Crippen LogP contribution in [0.3, 0.4) is 0 Å². The van der Waals surface area contributed by atoms with Gasteiger partial charge in [0.1, 0.15) is 11.6 Å². The molecule has 0 bridgehead atoms. The summed E-state index contributed by atoms with van der Waals surface area (Å²) in [5.41, 5.74) is 6.22. The molecule has 0 unspecified atom stereocenters. The Morgan fingerprint density at radius 3 is 2.75 bits per heavy atom. The van der Waals surface area contributed by atoms with E-state index in [1.807, 2.05) is 13.0 Å². The van der Waals surface area contributed by atoms with Crippen molar-refractivity contribution in [2.45, 2.75) is 13.3 Å². The van der Waals surface area contributed by atoms with Gasteiger partial charge in [-0.2, -0.15) is 9.78 Å². The van der Waals surface area contributed by atoms with Gasteiger partial charge in [0.15, 0.2) is 6.61 Å². The molecule has 0 saturated carbocycles. The fraction of sp³-hybridized carbons (Fsp3) is 0.158. The molecule has 3 rings (SSSR count). The molecule has 0 atom stereocenters. The predicted octanol–water partition coefficient (Wildman–Crippen LogP) is 3.23. The van der Waals surface area contributed by atoms with Crippen molar-refractivity contribution in [1.29, 1.82) is 0 Å². The first-order valence-corrected chi connectivity index (χ1v) is 9.94. The second-order valence-corrected chi connectivity index (χ2v) is 7.62. The van der Waals surface area contributed by atoms with Crippen molar-refractivity contribution in [2.24, 2.45) is 10.8 Å². The number of hydrogen-bond acceptors (Lipinski definition) is 5. The second kappa shape index (κ2) is 8.66. The van der Waals surface area contributed by atoms with E-state index < -0.39 is 5.91 Å². The number of amides is 1. The third-order valence-corrected chi connectivity index (χ3v) is 4.95. The van der Waals surface area contributed by atoms with Gasteiger partial charge in [0.25, 0.3) is 11.5 Å². The van der Waals surface area contributed by atoms with Crippen LogP contribution in [0.25, 0.3) is 10.9 Å². The predicted molar refractivity (Wildman–Crippen MR) is 115 cm³/mol. The van der Waals surface area contributed by atoms with Gasteiger partial charge in [-0.15, -0.1) is 0 Å². The summed E-state index contributed by atoms with van der Waals surface area (Å²) in [7, 11) is 0. The van der Waals surface area contributed by atoms with Crippen molar-refractivity contribution in [3.63, 3.8) is 0 Å². The number of hydrogen-bond donors (Lipinski definition) is 1. The fourth-order valence-electron chi connectivity index (χ4n) is 2.53. The largest absolute Gasteiger partial charge is 0.483 e. The summed E-state index contributed by atoms with van der Waals surface area (Å²) < 4.78 is 8.04. The summed E-state index contributed by atoms with van der Waals surface area (Å²) in [6, 6.07) is 10.6. The molecule has 3 aromatic rings. The minimum atomic E-state index is -0.556. The van der Waals surface area contributed by atoms with E-state index in [9.17, 15) is 9.59 Å². The van der Waals surface area contributed by atoms with Gasteiger partial charge in [-0.05, 0) is 57.9 Å². The van der Waals surface area contributed by atoms with Crippen LogP contribution in [0.4, 0.5) is 0 Å². The summed E-state index contributed by atoms with van der Waals surface area (Å²) in [5.74, 6) is 0.496. The summed E-state index contributed by atoms with van der Waals surface area (Å²) in [5, 5.41) is 4.82. The molecular formula is C19H16Br2N4O3. The highest BCUT2D eigenvalue weighted by Gasteiger charge is 2.10. The Bertz CT molecular complexity index is 1140. The maximum Gasteiger partial charge on any atom is 0.282 e. The standard InChI is InChI=1S/C19H16Br2N4O3/c1-2-18-24-15-5-4-12(20)8-13(15)19(27)25(18)23-9-11-3-6-16(14(21)7-11)28-10-17(22)26/h3-9H,2,10H2,1H3,(H2,22,26). The number of carbonyl (C=O) groups excluding carboxylic acids is 1. The molecule has 9 heteroatoms. The molecule has 7 nitrogen and oxygen atoms in total. The Hall–Kier alpha value is -2.52. The van der Waals surface area contributed by atoms with Gasteiger partial charge in [0.05, 0.1) is 21.6 Å². The molecule has 0 spiro atoms. The number of aromatic nitrogens is 2. The van der Waals surface area contributed by atoms with Crippen molar-refractivity contribution in [2.75, 3.05) is 6.61 Å². The number of nitrogens with two attached hydrogens (primary N) is 1. The second-order valence-electron chi connectivity index (χ2n) is 5.85. The van der Waals surface area contributed by atoms with Gasteiger partial charge in [0, 0.05) is 10.9 Å². The highest BCUT2D eigenvalue weighted by Crippen LogP contribution is 2.25. The summed E-state index contributed by atoms with van der Waals surface area (Å²) in [6.07, 6.45) is 2.12. The van der Waals surface area contributed by atoms with Crippen molar-refractivity contribution >= 4 is 54.9 Å². The Morgan fingerprint density at radius 2 is 2.07 bits per heavy atom. The number of ether oxygens (including phenoxy) is 1. The van der Waals surface area contributed by atoms with E-state index in [-0.39, 0.29) is 12.2 Å². The van der Waals surface area contributed by atoms with E-state index in [1.54, 1.807) is 36.5 Å². The molecule has 0 aliphatic heterocycles. The molecule has 1 amide bonds. The highest BCUT2D eigenvalue weighted by atomic mass is 79.9. The molecule has 2 aromatic carbocycles. The molecule has 0 saturated heterocycles. The van der Waals surface area contributed by atoms with E-state index in [0.717, 1.165) is 10.0 Å². The Kier molecular flexibility index (Phi) is 6.25. The van der Waals surface area contributed by atoms with Crippen LogP contribution in [0.15, 0.2) is 55.2 Å². The summed E-state index contributed by atoms with van der Waals surface area (Å²) in [6.45, 7) is 1.71. The van der Waals surface area contributed by atoms with E-state index in [1.165, 1.54) is 4.68 Å². The van der Waals surface area contributed by atoms with Gasteiger partial charge in [-0.25, -0.2) is 4.98 Å². The maximum absolute atomic E-state index is 12.9. The molecule has 0 radical (unpaired) electrons. The number of primary amides is 1. The lowest BCUT2D eigenvalue weighted by Crippen LogP contribution is -2.22. The number of nitrogens with zero attached hydrogens (tertiary/aromatic N) is 3. The van der Waals surface area contributed by atoms with Crippen molar-refractivity contribution in [3.8, 4) is 5.75 Å². The smallest absolute Gasteiger partial charge is 0.282 e. The number of benzene rings is 2. The Morgan fingerprint density at radius 1 is 1.29 bits per heavy atom. The van der Waals surface area contributed by atoms with Crippen molar-refractivity contribution in [1.82, 2.24) is 9.66 Å². The van der Waals surface area contributed by atoms with Crippen LogP contribution in [0.2, 0.25) is 0 Å². The van der Waals surface area contributed by atoms with Crippen LogP contribution in [0.1, 0.15) is 18.3 Å². The molecule has 0 aliphatic carbocycles. The molecule has 2 N–H and O–H groups in total. The zero-order valence-electron chi connectivity index (χ0n) is 14.9. The fourth-order valence-corrected chi connectivity index (χ4v) is 3.40. The zero-order chi connectivity index (χ0) is 20.3. The molecule has 1 heterocycles. The number of rotatable bonds is 6. The molecule has 0 fully saturated rings. The van der Waals surface area contributed by atoms with Crippen molar-refractivity contribution < 1.29 is 9.53 Å². The lowest BCUT2D eigenvalue weighted by molar-refractivity contribution is -0.119. The number of halogens is 2. The summed E-state index contributed by atoms with van der Waals surface area (Å²) in [4.78, 5) is 28.2. The van der Waals surface area contributed by atoms with Crippen LogP contribution in [-0.4, -0.2) is 28.4 Å². The molecule has 28 heavy (non-hydrogen) atoms. The molecule has 0 aliphatic rings. The first kappa shape index (κ1) is 20.2. The van der Waals surface area contributed by atoms with Crippen LogP contribution >= 0.6 is 31.9 Å². The third-order valence-electron chi connectivity index (χ3n) is 3.84. The SMILES string of the molecule is CCc1nc2ccc(Br)cc2c(=O)n1N=Cc1ccc(OCC(N)=O)c(Br)c1. The highest BCUT2D eigenvalue weighted by molar-refractivity contribution is 9.10. The van der Waals surface area contributed by atoms with E-state index >= 15 is 0 Å². The number of fused-ring (bicyclic) bond motifs is 1. The van der Waals surface area contributed by atoms with Crippen molar-refractivity contribution in [3.05, 3.63) is 67.1 Å². The van der Waals surface area contributed by atoms with Gasteiger partial charge in [-0.3, -0.25) is 9.59 Å². The third kappa shape index (κ3) is 4.48.